The first-order valence-electron chi connectivity index (χ1n) is 26.0. The number of pyridine rings is 2. The quantitative estimate of drug-likeness (QED) is 0.0663. The van der Waals surface area contributed by atoms with Crippen molar-refractivity contribution < 1.29 is 51.3 Å². The molecule has 4 aromatic heterocycles. The summed E-state index contributed by atoms with van der Waals surface area (Å²) in [6, 6.07) is 10.7. The molecule has 0 spiro atoms. The van der Waals surface area contributed by atoms with Crippen LogP contribution >= 0.6 is 22.9 Å². The lowest BCUT2D eigenvalue weighted by Gasteiger charge is -2.42. The van der Waals surface area contributed by atoms with Gasteiger partial charge in [-0.2, -0.15) is 15.2 Å². The maximum atomic E-state index is 17.5. The molecule has 18 nitrogen and oxygen atoms in total. The first-order chi connectivity index (χ1) is 38.4. The van der Waals surface area contributed by atoms with Crippen molar-refractivity contribution in [3.05, 3.63) is 110 Å². The summed E-state index contributed by atoms with van der Waals surface area (Å²) in [5.74, 6) is -3.46. The number of nitriles is 1. The molecule has 410 valence electrons. The Balaban J connectivity index is 0.730. The molecule has 5 unspecified atom stereocenters. The third-order valence-corrected chi connectivity index (χ3v) is 18.1. The molecule has 7 aromatic rings. The van der Waals surface area contributed by atoms with Crippen molar-refractivity contribution >= 4 is 89.3 Å². The first kappa shape index (κ1) is 51.5. The Morgan fingerprint density at radius 2 is 1.86 bits per heavy atom. The third-order valence-electron chi connectivity index (χ3n) is 16.8. The highest BCUT2D eigenvalue weighted by atomic mass is 35.5. The van der Waals surface area contributed by atoms with E-state index in [0.29, 0.717) is 48.1 Å². The van der Waals surface area contributed by atoms with Crippen LogP contribution in [0.2, 0.25) is 5.02 Å². The number of piperazine rings is 1. The number of benzene rings is 3. The van der Waals surface area contributed by atoms with Crippen molar-refractivity contribution in [2.45, 2.75) is 88.0 Å². The molecular formula is C56H47ClF4N10O8S. The summed E-state index contributed by atoms with van der Waals surface area (Å²) >= 11 is 7.84. The fourth-order valence-electron chi connectivity index (χ4n) is 12.9. The van der Waals surface area contributed by atoms with E-state index in [1.807, 2.05) is 11.0 Å². The van der Waals surface area contributed by atoms with Crippen LogP contribution in [0.4, 0.5) is 38.9 Å². The van der Waals surface area contributed by atoms with Crippen molar-refractivity contribution in [3.63, 3.8) is 0 Å². The zero-order valence-corrected chi connectivity index (χ0v) is 44.2. The number of carbonyl (C=O) groups is 3. The molecule has 0 saturated carbocycles. The predicted molar refractivity (Wildman–Crippen MR) is 287 cm³/mol. The van der Waals surface area contributed by atoms with Gasteiger partial charge in [-0.15, -0.1) is 11.3 Å². The molecule has 4 saturated heterocycles. The number of halogens is 5. The minimum absolute atomic E-state index is 0.0239. The molecule has 13 rings (SSSR count). The Kier molecular flexibility index (Phi) is 12.1. The van der Waals surface area contributed by atoms with Crippen LogP contribution in [0, 0.1) is 28.8 Å². The number of amides is 2. The SMILES string of the molecule is C=C(COC(=O)Nc1cc2cc3c(nc2cc1F)-c1cc2c(c(=O)n1C3)COC(=O)C2(O)CC)C(=O)N1C2CCC1CN(c1nc(OCC34CCCN3CC(F)C4)nc3c(F)c(-c4ccc(F)c5sc(N)c(C#N)c45)c(Cl)cc13)C2. The van der Waals surface area contributed by atoms with Gasteiger partial charge in [0.2, 0.25) is 0 Å². The Morgan fingerprint density at radius 1 is 1.07 bits per heavy atom. The molecule has 10 heterocycles. The fraction of sp³-hybridized carbons (Fsp3) is 0.357. The number of alkyl halides is 1. The summed E-state index contributed by atoms with van der Waals surface area (Å²) in [6.45, 7) is 6.26. The van der Waals surface area contributed by atoms with E-state index in [0.717, 1.165) is 29.9 Å². The number of nitrogens with zero attached hydrogens (tertiary/aromatic N) is 8. The molecule has 2 bridgehead atoms. The lowest BCUT2D eigenvalue weighted by atomic mass is 9.86. The van der Waals surface area contributed by atoms with E-state index in [4.69, 9.17) is 36.5 Å². The smallest absolute Gasteiger partial charge is 0.412 e. The summed E-state index contributed by atoms with van der Waals surface area (Å²) in [4.78, 5) is 73.4. The van der Waals surface area contributed by atoms with Gasteiger partial charge in [0.05, 0.1) is 67.6 Å². The van der Waals surface area contributed by atoms with E-state index in [2.05, 4.69) is 26.8 Å². The normalized spacial score (nSPS) is 22.8. The zero-order chi connectivity index (χ0) is 55.8. The average Bonchev–Trinajstić information content (AvgIpc) is 4.32. The highest BCUT2D eigenvalue weighted by molar-refractivity contribution is 7.23. The predicted octanol–water partition coefficient (Wildman–Crippen LogP) is 8.37. The largest absolute Gasteiger partial charge is 0.461 e. The number of nitrogen functional groups attached to an aromatic ring is 1. The van der Waals surface area contributed by atoms with Gasteiger partial charge in [0, 0.05) is 70.5 Å². The number of cyclic esters (lactones) is 1. The van der Waals surface area contributed by atoms with Crippen molar-refractivity contribution in [2.24, 2.45) is 0 Å². The maximum Gasteiger partial charge on any atom is 0.412 e. The number of esters is 1. The number of rotatable bonds is 10. The molecule has 4 fully saturated rings. The van der Waals surface area contributed by atoms with Gasteiger partial charge in [-0.3, -0.25) is 19.8 Å². The molecule has 0 radical (unpaired) electrons. The summed E-state index contributed by atoms with van der Waals surface area (Å²) < 4.78 is 81.6. The fourth-order valence-corrected chi connectivity index (χ4v) is 14.2. The summed E-state index contributed by atoms with van der Waals surface area (Å²) in [5, 5.41) is 24.4. The van der Waals surface area contributed by atoms with Crippen LogP contribution in [0.1, 0.15) is 67.7 Å². The molecule has 6 aliphatic heterocycles. The molecule has 80 heavy (non-hydrogen) atoms. The maximum absolute atomic E-state index is 17.5. The van der Waals surface area contributed by atoms with Crippen LogP contribution in [-0.4, -0.2) is 116 Å². The van der Waals surface area contributed by atoms with Crippen LogP contribution in [-0.2, 0) is 37.8 Å². The van der Waals surface area contributed by atoms with E-state index >= 15 is 13.2 Å². The van der Waals surface area contributed by atoms with Gasteiger partial charge in [0.25, 0.3) is 11.5 Å². The summed E-state index contributed by atoms with van der Waals surface area (Å²) in [5.41, 5.74) is 4.38. The Hall–Kier alpha value is -7.91. The third kappa shape index (κ3) is 7.95. The number of nitrogens with one attached hydrogen (secondary N) is 1. The van der Waals surface area contributed by atoms with Gasteiger partial charge in [-0.1, -0.05) is 31.2 Å². The highest BCUT2D eigenvalue weighted by Crippen LogP contribution is 2.48. The lowest BCUT2D eigenvalue weighted by molar-refractivity contribution is -0.172. The average molecular weight is 1130 g/mol. The van der Waals surface area contributed by atoms with Gasteiger partial charge in [-0.05, 0) is 74.5 Å². The Bertz CT molecular complexity index is 4030. The van der Waals surface area contributed by atoms with Crippen LogP contribution in [0.15, 0.2) is 59.4 Å². The van der Waals surface area contributed by atoms with Gasteiger partial charge < -0.3 is 39.4 Å². The van der Waals surface area contributed by atoms with E-state index < -0.39 is 77.0 Å². The number of aromatic nitrogens is 4. The highest BCUT2D eigenvalue weighted by Gasteiger charge is 2.50. The molecule has 2 amide bonds. The number of nitrogens with two attached hydrogens (primary N) is 1. The van der Waals surface area contributed by atoms with Crippen LogP contribution in [0.5, 0.6) is 6.01 Å². The summed E-state index contributed by atoms with van der Waals surface area (Å²) in [6.07, 6.45) is 0.814. The van der Waals surface area contributed by atoms with Gasteiger partial charge in [0.1, 0.15) is 60.0 Å². The monoisotopic (exact) mass is 1130 g/mol. The number of thiophene rings is 1. The van der Waals surface area contributed by atoms with Crippen molar-refractivity contribution in [1.82, 2.24) is 29.3 Å². The Morgan fingerprint density at radius 3 is 2.62 bits per heavy atom. The second-order valence-corrected chi connectivity index (χ2v) is 22.8. The number of ether oxygens (including phenoxy) is 3. The van der Waals surface area contributed by atoms with Gasteiger partial charge in [0.15, 0.2) is 11.4 Å². The van der Waals surface area contributed by atoms with E-state index in [1.54, 1.807) is 24.0 Å². The molecule has 0 aliphatic carbocycles. The number of anilines is 3. The number of hydrogen-bond donors (Lipinski definition) is 3. The molecule has 3 aromatic carbocycles. The van der Waals surface area contributed by atoms with Crippen molar-refractivity contribution in [2.75, 3.05) is 55.3 Å². The van der Waals surface area contributed by atoms with Crippen molar-refractivity contribution in [1.29, 1.82) is 5.26 Å². The van der Waals surface area contributed by atoms with E-state index in [1.165, 1.54) is 22.8 Å². The summed E-state index contributed by atoms with van der Waals surface area (Å²) in [7, 11) is 0. The molecule has 6 aliphatic rings. The first-order valence-corrected chi connectivity index (χ1v) is 27.2. The number of aliphatic hydroxyl groups is 1. The van der Waals surface area contributed by atoms with Gasteiger partial charge >= 0.3 is 18.1 Å². The van der Waals surface area contributed by atoms with Crippen molar-refractivity contribution in [3.8, 4) is 34.6 Å². The second-order valence-electron chi connectivity index (χ2n) is 21.3. The topological polar surface area (TPSA) is 231 Å². The molecular weight excluding hydrogens is 1080 g/mol. The zero-order valence-electron chi connectivity index (χ0n) is 42.6. The van der Waals surface area contributed by atoms with E-state index in [9.17, 15) is 33.9 Å². The second kappa shape index (κ2) is 18.9. The van der Waals surface area contributed by atoms with E-state index in [-0.39, 0.29) is 140 Å². The molecule has 5 atom stereocenters. The standard InChI is InChI=1S/C56H47ClF4N10O8S/c1-3-56(76)35-14-41-45-27(18-70(41)51(73)34(35)23-77-52(56)74)11-26-12-40(38(60)15-39(26)64-45)65-54(75)78-22-25(2)50(72)71-29-5-6-30(71)21-68(20-29)49-32-13-36(57)43(31-7-8-37(59)47-42(31)33(17-62)48(63)80-47)44(61)46(32)66-53(67-49)79-24-55-9-4-10-69(55)19-28(58)16-55/h7-8,11-15,28-30,76H,2-6,9-10,16,18-24,63H2,1H3,(H,65,75). The number of hydrogen-bond acceptors (Lipinski definition) is 16. The molecule has 24 heteroatoms. The Labute approximate surface area is 460 Å². The van der Waals surface area contributed by atoms with Gasteiger partial charge in [-0.25, -0.2) is 32.1 Å². The minimum Gasteiger partial charge on any atom is -0.461 e. The van der Waals surface area contributed by atoms with Crippen LogP contribution in [0.25, 0.3) is 54.4 Å². The number of carbonyl (C=O) groups excluding carboxylic acids is 3. The number of fused-ring (bicyclic) bond motifs is 10. The lowest BCUT2D eigenvalue weighted by Crippen LogP contribution is -2.56. The van der Waals surface area contributed by atoms with Crippen LogP contribution in [0.3, 0.4) is 0 Å². The minimum atomic E-state index is -2.02. The molecule has 4 N–H and O–H groups in total. The van der Waals surface area contributed by atoms with Crippen LogP contribution < -0.4 is 26.2 Å².